The van der Waals surface area contributed by atoms with Crippen LogP contribution in [0.1, 0.15) is 30.0 Å². The van der Waals surface area contributed by atoms with Crippen molar-refractivity contribution in [3.63, 3.8) is 0 Å². The molecule has 0 aliphatic carbocycles. The minimum absolute atomic E-state index is 0. The van der Waals surface area contributed by atoms with E-state index in [0.29, 0.717) is 19.0 Å². The molecule has 0 heterocycles. The van der Waals surface area contributed by atoms with Crippen LogP contribution in [0.5, 0.6) is 0 Å². The van der Waals surface area contributed by atoms with Gasteiger partial charge in [0, 0.05) is 13.1 Å². The summed E-state index contributed by atoms with van der Waals surface area (Å²) in [6.45, 7) is 6.95. The number of aliphatic imine (C=N–C) groups is 1. The summed E-state index contributed by atoms with van der Waals surface area (Å²) in [6.07, 6.45) is -4.27. The molecule has 0 fully saturated rings. The second kappa shape index (κ2) is 10.7. The number of guanidine groups is 1. The van der Waals surface area contributed by atoms with Crippen molar-refractivity contribution in [3.8, 4) is 0 Å². The summed E-state index contributed by atoms with van der Waals surface area (Å²) >= 11 is 0. The van der Waals surface area contributed by atoms with Gasteiger partial charge in [-0.25, -0.2) is 0 Å². The molecule has 2 N–H and O–H groups in total. The van der Waals surface area contributed by atoms with Crippen LogP contribution in [0, 0.1) is 13.8 Å². The first-order chi connectivity index (χ1) is 10.3. The Labute approximate surface area is 153 Å². The Morgan fingerprint density at radius 3 is 2.22 bits per heavy atom. The zero-order valence-electron chi connectivity index (χ0n) is 13.8. The monoisotopic (exact) mass is 443 g/mol. The van der Waals surface area contributed by atoms with Crippen molar-refractivity contribution >= 4 is 29.9 Å². The molecule has 0 radical (unpaired) electrons. The van der Waals surface area contributed by atoms with Crippen LogP contribution < -0.4 is 10.6 Å². The minimum Gasteiger partial charge on any atom is -0.357 e. The van der Waals surface area contributed by atoms with Crippen molar-refractivity contribution < 1.29 is 13.2 Å². The Morgan fingerprint density at radius 1 is 1.09 bits per heavy atom. The van der Waals surface area contributed by atoms with Crippen LogP contribution in [0.3, 0.4) is 0 Å². The topological polar surface area (TPSA) is 36.4 Å². The Kier molecular flexibility index (Phi) is 10.3. The molecule has 0 unspecified atom stereocenters. The van der Waals surface area contributed by atoms with Crippen LogP contribution in [-0.2, 0) is 6.42 Å². The molecular formula is C16H25F3IN3. The van der Waals surface area contributed by atoms with Gasteiger partial charge in [0.05, 0.1) is 13.0 Å². The molecule has 0 aromatic heterocycles. The second-order valence-electron chi connectivity index (χ2n) is 5.30. The van der Waals surface area contributed by atoms with E-state index in [4.69, 9.17) is 0 Å². The summed E-state index contributed by atoms with van der Waals surface area (Å²) < 4.78 is 36.4. The third kappa shape index (κ3) is 10.4. The molecule has 23 heavy (non-hydrogen) atoms. The molecule has 3 nitrogen and oxygen atoms in total. The first-order valence-electron chi connectivity index (χ1n) is 7.46. The normalized spacial score (nSPS) is 11.8. The zero-order chi connectivity index (χ0) is 16.6. The summed E-state index contributed by atoms with van der Waals surface area (Å²) in [4.78, 5) is 3.94. The average Bonchev–Trinajstić information content (AvgIpc) is 2.36. The lowest BCUT2D eigenvalue weighted by Gasteiger charge is -2.12. The molecule has 132 valence electrons. The van der Waals surface area contributed by atoms with Crippen LogP contribution in [-0.4, -0.2) is 31.8 Å². The number of rotatable bonds is 6. The molecule has 1 rings (SSSR count). The predicted octanol–water partition coefficient (Wildman–Crippen LogP) is 3.97. The van der Waals surface area contributed by atoms with Gasteiger partial charge in [0.25, 0.3) is 0 Å². The van der Waals surface area contributed by atoms with Gasteiger partial charge in [0.1, 0.15) is 0 Å². The van der Waals surface area contributed by atoms with Crippen LogP contribution in [0.15, 0.2) is 23.2 Å². The van der Waals surface area contributed by atoms with E-state index in [2.05, 4.69) is 33.8 Å². The van der Waals surface area contributed by atoms with Crippen molar-refractivity contribution in [1.82, 2.24) is 10.6 Å². The predicted molar refractivity (Wildman–Crippen MR) is 99.7 cm³/mol. The molecule has 0 amide bonds. The standard InChI is InChI=1S/C16H24F3N3.HI/c1-4-20-15(22-8-6-16(17,18)19)21-7-5-14-10-12(2)9-13(3)11-14;/h9-11H,4-8H2,1-3H3,(H2,20,21,22);1H. The number of nitrogens with zero attached hydrogens (tertiary/aromatic N) is 1. The van der Waals surface area contributed by atoms with Gasteiger partial charge in [-0.3, -0.25) is 4.99 Å². The van der Waals surface area contributed by atoms with Crippen LogP contribution in [0.2, 0.25) is 0 Å². The highest BCUT2D eigenvalue weighted by Gasteiger charge is 2.26. The average molecular weight is 443 g/mol. The fourth-order valence-electron chi connectivity index (χ4n) is 2.17. The van der Waals surface area contributed by atoms with Crippen molar-refractivity contribution in [2.75, 3.05) is 19.6 Å². The molecule has 0 atom stereocenters. The Bertz CT molecular complexity index is 482. The highest BCUT2D eigenvalue weighted by Crippen LogP contribution is 2.18. The SMILES string of the molecule is CCNC(=NCCC(F)(F)F)NCCc1cc(C)cc(C)c1.I. The second-order valence-corrected chi connectivity index (χ2v) is 5.30. The summed E-state index contributed by atoms with van der Waals surface area (Å²) in [6, 6.07) is 6.34. The summed E-state index contributed by atoms with van der Waals surface area (Å²) in [5.41, 5.74) is 3.62. The number of nitrogens with one attached hydrogen (secondary N) is 2. The van der Waals surface area contributed by atoms with Gasteiger partial charge in [-0.05, 0) is 32.8 Å². The summed E-state index contributed by atoms with van der Waals surface area (Å²) in [7, 11) is 0. The molecule has 1 aromatic carbocycles. The van der Waals surface area contributed by atoms with Gasteiger partial charge in [-0.2, -0.15) is 13.2 Å². The molecule has 0 spiro atoms. The summed E-state index contributed by atoms with van der Waals surface area (Å²) in [5, 5.41) is 6.02. The quantitative estimate of drug-likeness (QED) is 0.397. The van der Waals surface area contributed by atoms with E-state index in [9.17, 15) is 13.2 Å². The van der Waals surface area contributed by atoms with Crippen molar-refractivity contribution in [1.29, 1.82) is 0 Å². The molecule has 0 aliphatic rings. The molecule has 0 aliphatic heterocycles. The van der Waals surface area contributed by atoms with Crippen molar-refractivity contribution in [2.45, 2.75) is 39.8 Å². The zero-order valence-corrected chi connectivity index (χ0v) is 16.1. The van der Waals surface area contributed by atoms with Gasteiger partial charge in [0.15, 0.2) is 5.96 Å². The molecule has 7 heteroatoms. The molecule has 1 aromatic rings. The number of halogens is 4. The lowest BCUT2D eigenvalue weighted by atomic mass is 10.1. The molecule has 0 saturated carbocycles. The smallest absolute Gasteiger partial charge is 0.357 e. The van der Waals surface area contributed by atoms with Crippen molar-refractivity contribution in [2.24, 2.45) is 4.99 Å². The lowest BCUT2D eigenvalue weighted by molar-refractivity contribution is -0.132. The lowest BCUT2D eigenvalue weighted by Crippen LogP contribution is -2.38. The first kappa shape index (κ1) is 22.0. The maximum Gasteiger partial charge on any atom is 0.390 e. The molecule has 0 bridgehead atoms. The third-order valence-corrected chi connectivity index (χ3v) is 3.00. The maximum absolute atomic E-state index is 12.1. The summed E-state index contributed by atoms with van der Waals surface area (Å²) in [5.74, 6) is 0.427. The van der Waals surface area contributed by atoms with E-state index >= 15 is 0 Å². The number of hydrogen-bond acceptors (Lipinski definition) is 1. The maximum atomic E-state index is 12.1. The minimum atomic E-state index is -4.17. The van der Waals surface area contributed by atoms with E-state index in [-0.39, 0.29) is 30.5 Å². The fraction of sp³-hybridized carbons (Fsp3) is 0.562. The number of hydrogen-bond donors (Lipinski definition) is 2. The molecular weight excluding hydrogens is 418 g/mol. The van der Waals surface area contributed by atoms with E-state index < -0.39 is 12.6 Å². The Balaban J connectivity index is 0.00000484. The largest absolute Gasteiger partial charge is 0.390 e. The highest BCUT2D eigenvalue weighted by molar-refractivity contribution is 14.0. The number of alkyl halides is 3. The first-order valence-corrected chi connectivity index (χ1v) is 7.46. The van der Waals surface area contributed by atoms with E-state index in [1.165, 1.54) is 16.7 Å². The van der Waals surface area contributed by atoms with E-state index in [1.807, 2.05) is 20.8 Å². The van der Waals surface area contributed by atoms with Crippen LogP contribution in [0.4, 0.5) is 13.2 Å². The highest BCUT2D eigenvalue weighted by atomic mass is 127. The van der Waals surface area contributed by atoms with Gasteiger partial charge in [-0.1, -0.05) is 29.3 Å². The van der Waals surface area contributed by atoms with Crippen LogP contribution >= 0.6 is 24.0 Å². The van der Waals surface area contributed by atoms with E-state index in [0.717, 1.165) is 6.42 Å². The van der Waals surface area contributed by atoms with Gasteiger partial charge < -0.3 is 10.6 Å². The molecule has 0 saturated heterocycles. The Morgan fingerprint density at radius 2 is 1.70 bits per heavy atom. The Hall–Kier alpha value is -0.990. The van der Waals surface area contributed by atoms with Gasteiger partial charge in [0.2, 0.25) is 0 Å². The number of aryl methyl sites for hydroxylation is 2. The fourth-order valence-corrected chi connectivity index (χ4v) is 2.17. The van der Waals surface area contributed by atoms with Gasteiger partial charge >= 0.3 is 6.18 Å². The number of benzene rings is 1. The van der Waals surface area contributed by atoms with Crippen LogP contribution in [0.25, 0.3) is 0 Å². The van der Waals surface area contributed by atoms with Crippen molar-refractivity contribution in [3.05, 3.63) is 34.9 Å². The third-order valence-electron chi connectivity index (χ3n) is 3.00. The van der Waals surface area contributed by atoms with Gasteiger partial charge in [-0.15, -0.1) is 24.0 Å². The van der Waals surface area contributed by atoms with E-state index in [1.54, 1.807) is 0 Å².